The molecule has 0 saturated heterocycles. The fourth-order valence-electron chi connectivity index (χ4n) is 1.62. The third kappa shape index (κ3) is 1.58. The highest BCUT2D eigenvalue weighted by molar-refractivity contribution is 6.02. The summed E-state index contributed by atoms with van der Waals surface area (Å²) in [6.45, 7) is 1.93. The van der Waals surface area contributed by atoms with Gasteiger partial charge in [0, 0.05) is 18.8 Å². The van der Waals surface area contributed by atoms with E-state index in [-0.39, 0.29) is 5.78 Å². The van der Waals surface area contributed by atoms with E-state index in [1.807, 2.05) is 19.2 Å². The van der Waals surface area contributed by atoms with Crippen molar-refractivity contribution in [3.63, 3.8) is 0 Å². The maximum absolute atomic E-state index is 11.8. The Morgan fingerprint density at radius 3 is 3.14 bits per heavy atom. The van der Waals surface area contributed by atoms with Crippen LogP contribution in [0.25, 0.3) is 0 Å². The minimum absolute atomic E-state index is 0.169. The first-order chi connectivity index (χ1) is 6.79. The molecule has 14 heavy (non-hydrogen) atoms. The maximum Gasteiger partial charge on any atom is 0.166 e. The van der Waals surface area contributed by atoms with E-state index in [1.54, 1.807) is 6.20 Å². The van der Waals surface area contributed by atoms with Crippen LogP contribution in [-0.4, -0.2) is 17.0 Å². The molecule has 0 bridgehead atoms. The number of carbonyl (C=O) groups excluding carboxylic acids is 1. The summed E-state index contributed by atoms with van der Waals surface area (Å²) >= 11 is 0. The number of rotatable bonds is 0. The van der Waals surface area contributed by atoms with Crippen molar-refractivity contribution in [2.45, 2.75) is 26.2 Å². The molecule has 0 fully saturated rings. The SMILES string of the molecule is Cc1ccnc2c1C(=O)CCCC=N2. The average molecular weight is 188 g/mol. The lowest BCUT2D eigenvalue weighted by molar-refractivity contribution is 0.0980. The number of aliphatic imine (C=N–C) groups is 1. The van der Waals surface area contributed by atoms with E-state index in [9.17, 15) is 4.79 Å². The van der Waals surface area contributed by atoms with E-state index in [2.05, 4.69) is 9.98 Å². The Morgan fingerprint density at radius 2 is 2.29 bits per heavy atom. The van der Waals surface area contributed by atoms with Crippen LogP contribution < -0.4 is 0 Å². The Balaban J connectivity index is 2.58. The highest BCUT2D eigenvalue weighted by Gasteiger charge is 2.15. The highest BCUT2D eigenvalue weighted by atomic mass is 16.1. The molecule has 2 rings (SSSR count). The number of fused-ring (bicyclic) bond motifs is 1. The lowest BCUT2D eigenvalue weighted by Crippen LogP contribution is -2.05. The lowest BCUT2D eigenvalue weighted by Gasteiger charge is -2.09. The monoisotopic (exact) mass is 188 g/mol. The summed E-state index contributed by atoms with van der Waals surface area (Å²) in [7, 11) is 0. The van der Waals surface area contributed by atoms with E-state index in [1.165, 1.54) is 0 Å². The van der Waals surface area contributed by atoms with Crippen molar-refractivity contribution in [3.8, 4) is 0 Å². The first-order valence-corrected chi connectivity index (χ1v) is 4.80. The Bertz CT molecular complexity index is 396. The van der Waals surface area contributed by atoms with Gasteiger partial charge in [0.1, 0.15) is 0 Å². The van der Waals surface area contributed by atoms with Crippen LogP contribution >= 0.6 is 0 Å². The average Bonchev–Trinajstić information content (AvgIpc) is 2.13. The summed E-state index contributed by atoms with van der Waals surface area (Å²) in [6.07, 6.45) is 5.89. The van der Waals surface area contributed by atoms with Gasteiger partial charge in [-0.15, -0.1) is 0 Å². The van der Waals surface area contributed by atoms with Crippen LogP contribution in [0.1, 0.15) is 35.2 Å². The molecule has 1 aromatic rings. The number of carbonyl (C=O) groups is 1. The predicted molar refractivity (Wildman–Crippen MR) is 55.3 cm³/mol. The van der Waals surface area contributed by atoms with Gasteiger partial charge in [-0.1, -0.05) is 0 Å². The molecule has 3 nitrogen and oxygen atoms in total. The fourth-order valence-corrected chi connectivity index (χ4v) is 1.62. The molecule has 1 aromatic heterocycles. The highest BCUT2D eigenvalue weighted by Crippen LogP contribution is 2.23. The molecule has 0 amide bonds. The first-order valence-electron chi connectivity index (χ1n) is 4.80. The number of pyridine rings is 1. The third-order valence-electron chi connectivity index (χ3n) is 2.37. The van der Waals surface area contributed by atoms with E-state index in [0.29, 0.717) is 17.8 Å². The van der Waals surface area contributed by atoms with Gasteiger partial charge in [0.15, 0.2) is 11.6 Å². The van der Waals surface area contributed by atoms with Crippen molar-refractivity contribution in [3.05, 3.63) is 23.4 Å². The van der Waals surface area contributed by atoms with Crippen LogP contribution in [0.3, 0.4) is 0 Å². The zero-order valence-electron chi connectivity index (χ0n) is 8.16. The van der Waals surface area contributed by atoms with Crippen LogP contribution in [0.2, 0.25) is 0 Å². The largest absolute Gasteiger partial charge is 0.294 e. The molecule has 1 aliphatic rings. The second-order valence-electron chi connectivity index (χ2n) is 3.45. The second-order valence-corrected chi connectivity index (χ2v) is 3.45. The summed E-state index contributed by atoms with van der Waals surface area (Å²) in [5.41, 5.74) is 1.67. The van der Waals surface area contributed by atoms with Crippen molar-refractivity contribution in [2.75, 3.05) is 0 Å². The smallest absolute Gasteiger partial charge is 0.166 e. The number of aryl methyl sites for hydroxylation is 1. The number of hydrogen-bond donors (Lipinski definition) is 0. The molecule has 0 aliphatic carbocycles. The van der Waals surface area contributed by atoms with Gasteiger partial charge in [0.25, 0.3) is 0 Å². The van der Waals surface area contributed by atoms with Crippen molar-refractivity contribution in [2.24, 2.45) is 4.99 Å². The maximum atomic E-state index is 11.8. The van der Waals surface area contributed by atoms with Gasteiger partial charge in [-0.25, -0.2) is 9.98 Å². The van der Waals surface area contributed by atoms with Gasteiger partial charge >= 0.3 is 0 Å². The van der Waals surface area contributed by atoms with Gasteiger partial charge in [0.05, 0.1) is 5.56 Å². The minimum Gasteiger partial charge on any atom is -0.294 e. The summed E-state index contributed by atoms with van der Waals surface area (Å²) in [5, 5.41) is 0. The van der Waals surface area contributed by atoms with Crippen LogP contribution in [-0.2, 0) is 0 Å². The number of nitrogens with zero attached hydrogens (tertiary/aromatic N) is 2. The topological polar surface area (TPSA) is 42.3 Å². The molecule has 2 heterocycles. The minimum atomic E-state index is 0.169. The second kappa shape index (κ2) is 3.70. The molecular weight excluding hydrogens is 176 g/mol. The standard InChI is InChI=1S/C11H12N2O/c1-8-5-7-13-11-10(8)9(14)4-2-3-6-12-11/h5-7H,2-4H2,1H3. The van der Waals surface area contributed by atoms with Gasteiger partial charge in [-0.05, 0) is 31.4 Å². The summed E-state index contributed by atoms with van der Waals surface area (Å²) in [5.74, 6) is 0.747. The molecule has 0 atom stereocenters. The summed E-state index contributed by atoms with van der Waals surface area (Å²) in [4.78, 5) is 20.1. The quantitative estimate of drug-likeness (QED) is 0.627. The molecule has 0 spiro atoms. The van der Waals surface area contributed by atoms with Crippen molar-refractivity contribution in [1.29, 1.82) is 0 Å². The summed E-state index contributed by atoms with van der Waals surface area (Å²) < 4.78 is 0. The molecule has 0 aromatic carbocycles. The normalized spacial score (nSPS) is 15.9. The number of hydrogen-bond acceptors (Lipinski definition) is 3. The molecular formula is C11H12N2O. The van der Waals surface area contributed by atoms with Crippen molar-refractivity contribution >= 4 is 17.8 Å². The molecule has 1 aliphatic heterocycles. The Hall–Kier alpha value is -1.51. The van der Waals surface area contributed by atoms with Gasteiger partial charge < -0.3 is 0 Å². The van der Waals surface area contributed by atoms with E-state index < -0.39 is 0 Å². The molecule has 0 unspecified atom stereocenters. The fraction of sp³-hybridized carbons (Fsp3) is 0.364. The number of aromatic nitrogens is 1. The molecule has 0 saturated carbocycles. The molecule has 0 radical (unpaired) electrons. The zero-order valence-corrected chi connectivity index (χ0v) is 8.16. The van der Waals surface area contributed by atoms with Crippen molar-refractivity contribution < 1.29 is 4.79 Å². The van der Waals surface area contributed by atoms with Gasteiger partial charge in [-0.3, -0.25) is 4.79 Å². The summed E-state index contributed by atoms with van der Waals surface area (Å²) in [6, 6.07) is 1.86. The lowest BCUT2D eigenvalue weighted by atomic mass is 10.0. The molecule has 0 N–H and O–H groups in total. The van der Waals surface area contributed by atoms with E-state index in [0.717, 1.165) is 18.4 Å². The zero-order chi connectivity index (χ0) is 9.97. The predicted octanol–water partition coefficient (Wildman–Crippen LogP) is 2.46. The van der Waals surface area contributed by atoms with Crippen molar-refractivity contribution in [1.82, 2.24) is 4.98 Å². The Labute approximate surface area is 82.9 Å². The Morgan fingerprint density at radius 1 is 1.43 bits per heavy atom. The first kappa shape index (κ1) is 9.06. The van der Waals surface area contributed by atoms with E-state index >= 15 is 0 Å². The van der Waals surface area contributed by atoms with Crippen LogP contribution in [0.4, 0.5) is 5.82 Å². The van der Waals surface area contributed by atoms with E-state index in [4.69, 9.17) is 0 Å². The Kier molecular flexibility index (Phi) is 2.39. The van der Waals surface area contributed by atoms with Crippen LogP contribution in [0.5, 0.6) is 0 Å². The van der Waals surface area contributed by atoms with Crippen LogP contribution in [0, 0.1) is 6.92 Å². The number of Topliss-reactive ketones (excluding diaryl/α,β-unsaturated/α-hetero) is 1. The third-order valence-corrected chi connectivity index (χ3v) is 2.37. The molecule has 3 heteroatoms. The molecule has 72 valence electrons. The van der Waals surface area contributed by atoms with Crippen LogP contribution in [0.15, 0.2) is 17.3 Å². The van der Waals surface area contributed by atoms with Gasteiger partial charge in [-0.2, -0.15) is 0 Å². The van der Waals surface area contributed by atoms with Gasteiger partial charge in [0.2, 0.25) is 0 Å². The number of ketones is 1.